The maximum atomic E-state index is 12.6. The number of nitrogens with zero attached hydrogens (tertiary/aromatic N) is 4. The van der Waals surface area contributed by atoms with Crippen molar-refractivity contribution in [3.8, 4) is 29.0 Å². The molecular weight excluding hydrogens is 482 g/mol. The lowest BCUT2D eigenvalue weighted by atomic mass is 10.00. The maximum Gasteiger partial charge on any atom is 0.269 e. The molecule has 3 aliphatic rings. The van der Waals surface area contributed by atoms with Crippen molar-refractivity contribution < 1.29 is 19.4 Å². The fourth-order valence-electron chi connectivity index (χ4n) is 5.90. The van der Waals surface area contributed by atoms with Crippen LogP contribution >= 0.6 is 0 Å². The van der Waals surface area contributed by atoms with E-state index in [1.54, 1.807) is 0 Å². The second kappa shape index (κ2) is 7.93. The van der Waals surface area contributed by atoms with Gasteiger partial charge in [-0.2, -0.15) is 0 Å². The summed E-state index contributed by atoms with van der Waals surface area (Å²) < 4.78 is 15.8. The van der Waals surface area contributed by atoms with Crippen LogP contribution in [0.2, 0.25) is 0 Å². The normalized spacial score (nSPS) is 25.0. The standard InChI is InChI=1S/C29H27N5O4/c1-17-31-20-5-3-4-6-21(20)34(17)16-22-24(25(30)35)32-26-19-15-18(7-8-23(19)37-14-13-33(22)26)9-10-29(36)12-11-28(2)27(29)38-28/h3-8,15,27,36H,11-14,16H2,1-2H3,(H2,30,35). The van der Waals surface area contributed by atoms with Crippen LogP contribution in [0.25, 0.3) is 22.4 Å². The van der Waals surface area contributed by atoms with E-state index in [1.807, 2.05) is 60.9 Å². The van der Waals surface area contributed by atoms with Gasteiger partial charge in [0.15, 0.2) is 11.3 Å². The van der Waals surface area contributed by atoms with E-state index in [0.717, 1.165) is 28.8 Å². The van der Waals surface area contributed by atoms with E-state index in [9.17, 15) is 9.90 Å². The summed E-state index contributed by atoms with van der Waals surface area (Å²) in [4.78, 5) is 21.9. The van der Waals surface area contributed by atoms with Crippen LogP contribution < -0.4 is 10.5 Å². The summed E-state index contributed by atoms with van der Waals surface area (Å²) in [6.07, 6.45) is 1.14. The smallest absolute Gasteiger partial charge is 0.269 e. The summed E-state index contributed by atoms with van der Waals surface area (Å²) in [5.74, 6) is 7.69. The molecule has 1 saturated carbocycles. The van der Waals surface area contributed by atoms with Crippen LogP contribution in [0, 0.1) is 18.8 Å². The molecular formula is C29H27N5O4. The second-order valence-electron chi connectivity index (χ2n) is 10.5. The van der Waals surface area contributed by atoms with Crippen molar-refractivity contribution in [3.63, 3.8) is 0 Å². The van der Waals surface area contributed by atoms with Crippen molar-refractivity contribution in [3.05, 3.63) is 65.2 Å². The molecule has 2 aromatic heterocycles. The highest BCUT2D eigenvalue weighted by Crippen LogP contribution is 2.54. The summed E-state index contributed by atoms with van der Waals surface area (Å²) >= 11 is 0. The van der Waals surface area contributed by atoms with Gasteiger partial charge in [-0.1, -0.05) is 24.0 Å². The van der Waals surface area contributed by atoms with Gasteiger partial charge in [-0.25, -0.2) is 9.97 Å². The first-order valence-corrected chi connectivity index (χ1v) is 12.8. The van der Waals surface area contributed by atoms with Gasteiger partial charge >= 0.3 is 0 Å². The molecule has 1 aliphatic carbocycles. The van der Waals surface area contributed by atoms with E-state index < -0.39 is 11.5 Å². The molecule has 192 valence electrons. The quantitative estimate of drug-likeness (QED) is 0.324. The van der Waals surface area contributed by atoms with Gasteiger partial charge < -0.3 is 29.4 Å². The molecule has 0 radical (unpaired) electrons. The molecule has 3 atom stereocenters. The number of fused-ring (bicyclic) bond motifs is 5. The average Bonchev–Trinajstić information content (AvgIpc) is 3.27. The third-order valence-electron chi connectivity index (χ3n) is 8.00. The Morgan fingerprint density at radius 3 is 2.84 bits per heavy atom. The van der Waals surface area contributed by atoms with Gasteiger partial charge in [0, 0.05) is 5.56 Å². The number of ether oxygens (including phenoxy) is 2. The number of aromatic nitrogens is 4. The Morgan fingerprint density at radius 2 is 2.08 bits per heavy atom. The number of aryl methyl sites for hydroxylation is 1. The lowest BCUT2D eigenvalue weighted by molar-refractivity contribution is 0.0532. The van der Waals surface area contributed by atoms with Crippen LogP contribution in [0.4, 0.5) is 0 Å². The molecule has 2 fully saturated rings. The zero-order chi connectivity index (χ0) is 26.2. The second-order valence-corrected chi connectivity index (χ2v) is 10.5. The molecule has 3 unspecified atom stereocenters. The third kappa shape index (κ3) is 3.45. The van der Waals surface area contributed by atoms with Crippen LogP contribution in [0.1, 0.15) is 47.3 Å². The van der Waals surface area contributed by atoms with Crippen molar-refractivity contribution in [2.24, 2.45) is 5.73 Å². The van der Waals surface area contributed by atoms with Gasteiger partial charge in [0.05, 0.1) is 41.0 Å². The lowest BCUT2D eigenvalue weighted by Gasteiger charge is -2.15. The van der Waals surface area contributed by atoms with E-state index in [4.69, 9.17) is 20.2 Å². The van der Waals surface area contributed by atoms with Crippen LogP contribution in [0.5, 0.6) is 5.75 Å². The first kappa shape index (κ1) is 23.0. The number of para-hydroxylation sites is 2. The highest BCUT2D eigenvalue weighted by atomic mass is 16.6. The predicted octanol–water partition coefficient (Wildman–Crippen LogP) is 2.78. The Hall–Kier alpha value is -4.13. The number of amides is 1. The van der Waals surface area contributed by atoms with E-state index >= 15 is 0 Å². The molecule has 1 saturated heterocycles. The molecule has 0 spiro atoms. The zero-order valence-electron chi connectivity index (χ0n) is 21.2. The minimum Gasteiger partial charge on any atom is -0.491 e. The van der Waals surface area contributed by atoms with E-state index in [2.05, 4.69) is 21.4 Å². The number of hydrogen-bond donors (Lipinski definition) is 2. The number of rotatable bonds is 3. The monoisotopic (exact) mass is 509 g/mol. The van der Waals surface area contributed by atoms with Crippen molar-refractivity contribution in [1.29, 1.82) is 0 Å². The number of epoxide rings is 1. The van der Waals surface area contributed by atoms with Crippen molar-refractivity contribution in [2.45, 2.75) is 57.1 Å². The van der Waals surface area contributed by atoms with Gasteiger partial charge in [-0.3, -0.25) is 4.79 Å². The number of primary amides is 1. The molecule has 4 aromatic rings. The van der Waals surface area contributed by atoms with E-state index in [0.29, 0.717) is 48.9 Å². The van der Waals surface area contributed by atoms with Crippen molar-refractivity contribution in [1.82, 2.24) is 19.1 Å². The summed E-state index contributed by atoms with van der Waals surface area (Å²) in [5.41, 5.74) is 8.65. The Balaban J connectivity index is 1.31. The molecule has 1 amide bonds. The zero-order valence-corrected chi connectivity index (χ0v) is 21.2. The fourth-order valence-corrected chi connectivity index (χ4v) is 5.90. The average molecular weight is 510 g/mol. The molecule has 2 aliphatic heterocycles. The Labute approximate surface area is 219 Å². The Morgan fingerprint density at radius 1 is 1.24 bits per heavy atom. The molecule has 38 heavy (non-hydrogen) atoms. The van der Waals surface area contributed by atoms with Crippen LogP contribution in [0.15, 0.2) is 42.5 Å². The van der Waals surface area contributed by atoms with Gasteiger partial charge in [0.2, 0.25) is 0 Å². The number of carbonyl (C=O) groups excluding carboxylic acids is 1. The number of benzene rings is 2. The highest BCUT2D eigenvalue weighted by molar-refractivity contribution is 5.93. The van der Waals surface area contributed by atoms with Crippen LogP contribution in [0.3, 0.4) is 0 Å². The molecule has 9 heteroatoms. The largest absolute Gasteiger partial charge is 0.491 e. The van der Waals surface area contributed by atoms with Crippen LogP contribution in [-0.4, -0.2) is 54.0 Å². The van der Waals surface area contributed by atoms with E-state index in [1.165, 1.54) is 0 Å². The molecule has 4 heterocycles. The molecule has 2 aromatic carbocycles. The fraction of sp³-hybridized carbons (Fsp3) is 0.345. The number of hydrogen-bond acceptors (Lipinski definition) is 6. The molecule has 3 N–H and O–H groups in total. The minimum absolute atomic E-state index is 0.229. The topological polar surface area (TPSA) is 121 Å². The number of carbonyl (C=O) groups is 1. The molecule has 7 rings (SSSR count). The summed E-state index contributed by atoms with van der Waals surface area (Å²) in [6.45, 7) is 5.26. The summed E-state index contributed by atoms with van der Waals surface area (Å²) in [7, 11) is 0. The minimum atomic E-state index is -1.14. The predicted molar refractivity (Wildman–Crippen MR) is 140 cm³/mol. The first-order chi connectivity index (χ1) is 18.3. The number of aliphatic hydroxyl groups is 1. The molecule has 9 nitrogen and oxygen atoms in total. The van der Waals surface area contributed by atoms with Crippen LogP contribution in [-0.2, 0) is 17.8 Å². The Kier molecular flexibility index (Phi) is 4.81. The SMILES string of the molecule is Cc1nc2ccccc2n1Cc1c(C(N)=O)nc2n1CCOc1ccc(C#CC3(O)CCC4(C)OC34)cc1-2. The number of imidazole rings is 2. The summed E-state index contributed by atoms with van der Waals surface area (Å²) in [6, 6.07) is 13.5. The lowest BCUT2D eigenvalue weighted by Crippen LogP contribution is -2.30. The van der Waals surface area contributed by atoms with Gasteiger partial charge in [-0.05, 0) is 57.0 Å². The molecule has 0 bridgehead atoms. The van der Waals surface area contributed by atoms with Gasteiger partial charge in [-0.15, -0.1) is 0 Å². The highest BCUT2D eigenvalue weighted by Gasteiger charge is 2.67. The van der Waals surface area contributed by atoms with Crippen molar-refractivity contribution in [2.75, 3.05) is 6.61 Å². The van der Waals surface area contributed by atoms with Gasteiger partial charge in [0.1, 0.15) is 30.1 Å². The van der Waals surface area contributed by atoms with Gasteiger partial charge in [0.25, 0.3) is 5.91 Å². The number of nitrogens with two attached hydrogens (primary N) is 1. The van der Waals surface area contributed by atoms with E-state index in [-0.39, 0.29) is 17.4 Å². The van der Waals surface area contributed by atoms with Crippen molar-refractivity contribution >= 4 is 16.9 Å². The summed E-state index contributed by atoms with van der Waals surface area (Å²) in [5, 5.41) is 11.0. The maximum absolute atomic E-state index is 12.6. The Bertz CT molecular complexity index is 1710. The third-order valence-corrected chi connectivity index (χ3v) is 8.00. The first-order valence-electron chi connectivity index (χ1n) is 12.8.